The maximum absolute atomic E-state index is 13.8. The van der Waals surface area contributed by atoms with Gasteiger partial charge in [-0.3, -0.25) is 4.79 Å². The first-order chi connectivity index (χ1) is 11.6. The molecule has 0 saturated carbocycles. The van der Waals surface area contributed by atoms with E-state index in [-0.39, 0.29) is 11.6 Å². The number of carbonyl (C=O) groups excluding carboxylic acids is 1. The van der Waals surface area contributed by atoms with Crippen molar-refractivity contribution in [3.63, 3.8) is 0 Å². The second kappa shape index (κ2) is 7.73. The van der Waals surface area contributed by atoms with Crippen LogP contribution in [0.3, 0.4) is 0 Å². The molecule has 2 aromatic carbocycles. The summed E-state index contributed by atoms with van der Waals surface area (Å²) in [5, 5.41) is 0. The van der Waals surface area contributed by atoms with E-state index in [0.717, 1.165) is 32.0 Å². The van der Waals surface area contributed by atoms with Crippen molar-refractivity contribution in [1.82, 2.24) is 0 Å². The van der Waals surface area contributed by atoms with E-state index in [1.807, 2.05) is 12.1 Å². The smallest absolute Gasteiger partial charge is 0.185 e. The monoisotopic (exact) mass is 389 g/mol. The largest absolute Gasteiger partial charge is 0.378 e. The minimum absolute atomic E-state index is 0.147. The molecule has 0 unspecified atom stereocenters. The Kier molecular flexibility index (Phi) is 5.43. The van der Waals surface area contributed by atoms with Gasteiger partial charge >= 0.3 is 0 Å². The summed E-state index contributed by atoms with van der Waals surface area (Å²) in [6.45, 7) is 3.16. The van der Waals surface area contributed by atoms with Crippen molar-refractivity contribution in [2.45, 2.75) is 0 Å². The Bertz CT molecular complexity index is 752. The van der Waals surface area contributed by atoms with Crippen LogP contribution < -0.4 is 4.90 Å². The summed E-state index contributed by atoms with van der Waals surface area (Å²) < 4.78 is 19.8. The van der Waals surface area contributed by atoms with Crippen LogP contribution in [-0.2, 0) is 4.74 Å². The molecule has 1 aliphatic heterocycles. The molecule has 0 radical (unpaired) electrons. The van der Waals surface area contributed by atoms with Gasteiger partial charge in [0.05, 0.1) is 13.2 Å². The Morgan fingerprint density at radius 1 is 1.12 bits per heavy atom. The second-order valence-corrected chi connectivity index (χ2v) is 6.43. The number of hydrogen-bond donors (Lipinski definition) is 0. The van der Waals surface area contributed by atoms with Crippen LogP contribution >= 0.6 is 15.9 Å². The van der Waals surface area contributed by atoms with Crippen LogP contribution in [0.15, 0.2) is 53.0 Å². The van der Waals surface area contributed by atoms with Gasteiger partial charge in [-0.15, -0.1) is 0 Å². The third-order valence-electron chi connectivity index (χ3n) is 3.90. The van der Waals surface area contributed by atoms with Crippen LogP contribution in [0.4, 0.5) is 10.1 Å². The summed E-state index contributed by atoms with van der Waals surface area (Å²) in [6, 6.07) is 12.2. The number of benzene rings is 2. The molecule has 0 bridgehead atoms. The van der Waals surface area contributed by atoms with Gasteiger partial charge in [-0.05, 0) is 48.6 Å². The number of morpholine rings is 1. The minimum Gasteiger partial charge on any atom is -0.378 e. The zero-order valence-corrected chi connectivity index (χ0v) is 14.6. The zero-order chi connectivity index (χ0) is 16.9. The third kappa shape index (κ3) is 4.10. The number of rotatable bonds is 4. The number of nitrogens with zero attached hydrogens (tertiary/aromatic N) is 1. The Hall–Kier alpha value is -1.98. The topological polar surface area (TPSA) is 29.5 Å². The molecule has 0 aliphatic carbocycles. The standard InChI is InChI=1S/C19H17BrFNO2/c20-16-5-1-14(18(21)13-16)4-8-19(23)15-2-6-17(7-3-15)22-9-11-24-12-10-22/h1-8,13H,9-12H2/b8-4+. The van der Waals surface area contributed by atoms with Crippen molar-refractivity contribution in [3.8, 4) is 0 Å². The van der Waals surface area contributed by atoms with Crippen molar-refractivity contribution in [3.05, 3.63) is 70.0 Å². The molecular formula is C19H17BrFNO2. The van der Waals surface area contributed by atoms with Gasteiger partial charge in [0.1, 0.15) is 5.82 Å². The average molecular weight is 390 g/mol. The molecule has 5 heteroatoms. The Morgan fingerprint density at radius 2 is 1.83 bits per heavy atom. The highest BCUT2D eigenvalue weighted by atomic mass is 79.9. The van der Waals surface area contributed by atoms with Gasteiger partial charge in [0.2, 0.25) is 0 Å². The first kappa shape index (κ1) is 16.9. The predicted molar refractivity (Wildman–Crippen MR) is 96.9 cm³/mol. The van der Waals surface area contributed by atoms with Crippen LogP contribution in [0.25, 0.3) is 6.08 Å². The van der Waals surface area contributed by atoms with Gasteiger partial charge in [0, 0.05) is 34.4 Å². The quantitative estimate of drug-likeness (QED) is 0.575. The number of carbonyl (C=O) groups is 1. The van der Waals surface area contributed by atoms with Gasteiger partial charge in [0.15, 0.2) is 5.78 Å². The van der Waals surface area contributed by atoms with Gasteiger partial charge in [0.25, 0.3) is 0 Å². The lowest BCUT2D eigenvalue weighted by atomic mass is 10.1. The normalized spacial score (nSPS) is 15.0. The number of halogens is 2. The predicted octanol–water partition coefficient (Wildman–Crippen LogP) is 4.32. The summed E-state index contributed by atoms with van der Waals surface area (Å²) in [4.78, 5) is 14.5. The van der Waals surface area contributed by atoms with Crippen LogP contribution in [-0.4, -0.2) is 32.1 Å². The van der Waals surface area contributed by atoms with Crippen molar-refractivity contribution < 1.29 is 13.9 Å². The summed E-state index contributed by atoms with van der Waals surface area (Å²) in [6.07, 6.45) is 2.90. The number of allylic oxidation sites excluding steroid dienone is 1. The fourth-order valence-electron chi connectivity index (χ4n) is 2.56. The number of hydrogen-bond acceptors (Lipinski definition) is 3. The van der Waals surface area contributed by atoms with Crippen molar-refractivity contribution in [1.29, 1.82) is 0 Å². The number of anilines is 1. The minimum atomic E-state index is -0.365. The maximum atomic E-state index is 13.8. The van der Waals surface area contributed by atoms with Crippen molar-refractivity contribution >= 4 is 33.5 Å². The molecule has 2 aromatic rings. The fourth-order valence-corrected chi connectivity index (χ4v) is 2.89. The second-order valence-electron chi connectivity index (χ2n) is 5.51. The maximum Gasteiger partial charge on any atom is 0.185 e. The summed E-state index contributed by atoms with van der Waals surface area (Å²) in [7, 11) is 0. The molecule has 3 nitrogen and oxygen atoms in total. The molecule has 0 amide bonds. The van der Waals surface area contributed by atoms with E-state index in [2.05, 4.69) is 20.8 Å². The van der Waals surface area contributed by atoms with Crippen LogP contribution in [0, 0.1) is 5.82 Å². The van der Waals surface area contributed by atoms with E-state index in [9.17, 15) is 9.18 Å². The SMILES string of the molecule is O=C(/C=C/c1ccc(Br)cc1F)c1ccc(N2CCOCC2)cc1. The molecular weight excluding hydrogens is 373 g/mol. The molecule has 1 aliphatic rings. The molecule has 0 N–H and O–H groups in total. The van der Waals surface area contributed by atoms with Gasteiger partial charge in [-0.1, -0.05) is 22.0 Å². The molecule has 0 atom stereocenters. The van der Waals surface area contributed by atoms with Crippen LogP contribution in [0.1, 0.15) is 15.9 Å². The molecule has 1 saturated heterocycles. The highest BCUT2D eigenvalue weighted by Gasteiger charge is 2.11. The Morgan fingerprint density at radius 3 is 2.50 bits per heavy atom. The van der Waals surface area contributed by atoms with Crippen LogP contribution in [0.5, 0.6) is 0 Å². The molecule has 0 aromatic heterocycles. The van der Waals surface area contributed by atoms with Gasteiger partial charge in [-0.2, -0.15) is 0 Å². The van der Waals surface area contributed by atoms with Crippen LogP contribution in [0.2, 0.25) is 0 Å². The van der Waals surface area contributed by atoms with E-state index in [1.165, 1.54) is 18.2 Å². The molecule has 0 spiro atoms. The lowest BCUT2D eigenvalue weighted by molar-refractivity contribution is 0.104. The lowest BCUT2D eigenvalue weighted by Crippen LogP contribution is -2.36. The zero-order valence-electron chi connectivity index (χ0n) is 13.0. The Balaban J connectivity index is 1.69. The summed E-state index contributed by atoms with van der Waals surface area (Å²) in [5.74, 6) is -0.512. The highest BCUT2D eigenvalue weighted by molar-refractivity contribution is 9.10. The first-order valence-electron chi connectivity index (χ1n) is 7.74. The molecule has 1 heterocycles. The lowest BCUT2D eigenvalue weighted by Gasteiger charge is -2.28. The van der Waals surface area contributed by atoms with E-state index in [0.29, 0.717) is 15.6 Å². The van der Waals surface area contributed by atoms with Crippen molar-refractivity contribution in [2.75, 3.05) is 31.2 Å². The van der Waals surface area contributed by atoms with Gasteiger partial charge < -0.3 is 9.64 Å². The fraction of sp³-hybridized carbons (Fsp3) is 0.211. The highest BCUT2D eigenvalue weighted by Crippen LogP contribution is 2.19. The summed E-state index contributed by atoms with van der Waals surface area (Å²) in [5.41, 5.74) is 2.05. The number of ether oxygens (including phenoxy) is 1. The molecule has 124 valence electrons. The first-order valence-corrected chi connectivity index (χ1v) is 8.53. The summed E-state index contributed by atoms with van der Waals surface area (Å²) >= 11 is 3.21. The molecule has 1 fully saturated rings. The van der Waals surface area contributed by atoms with Crippen molar-refractivity contribution in [2.24, 2.45) is 0 Å². The average Bonchev–Trinajstić information content (AvgIpc) is 2.62. The van der Waals surface area contributed by atoms with Gasteiger partial charge in [-0.25, -0.2) is 4.39 Å². The molecule has 3 rings (SSSR count). The third-order valence-corrected chi connectivity index (χ3v) is 4.40. The Labute approximate surface area is 148 Å². The van der Waals surface area contributed by atoms with E-state index in [1.54, 1.807) is 24.3 Å². The molecule has 24 heavy (non-hydrogen) atoms. The van der Waals surface area contributed by atoms with E-state index < -0.39 is 0 Å². The van der Waals surface area contributed by atoms with E-state index in [4.69, 9.17) is 4.74 Å². The number of ketones is 1. The van der Waals surface area contributed by atoms with E-state index >= 15 is 0 Å².